The van der Waals surface area contributed by atoms with E-state index in [4.69, 9.17) is 0 Å². The third kappa shape index (κ3) is 6.76. The minimum absolute atomic E-state index is 0.975. The summed E-state index contributed by atoms with van der Waals surface area (Å²) < 4.78 is 7.36. The molecular formula is C66H49N5. The van der Waals surface area contributed by atoms with Crippen molar-refractivity contribution in [1.29, 1.82) is 0 Å². The van der Waals surface area contributed by atoms with E-state index in [1.54, 1.807) is 0 Å². The topological polar surface area (TPSA) is 21.3 Å². The lowest BCUT2D eigenvalue weighted by molar-refractivity contribution is 0.888. The first-order valence-electron chi connectivity index (χ1n) is 24.9. The fourth-order valence-electron chi connectivity index (χ4n) is 11.6. The molecule has 2 aliphatic carbocycles. The Morgan fingerprint density at radius 1 is 0.324 bits per heavy atom. The molecule has 0 radical (unpaired) electrons. The lowest BCUT2D eigenvalue weighted by Crippen LogP contribution is -2.10. The maximum absolute atomic E-state index is 2.50. The van der Waals surface area contributed by atoms with E-state index in [0.717, 1.165) is 65.5 Å². The van der Waals surface area contributed by atoms with Gasteiger partial charge in [0.2, 0.25) is 0 Å². The third-order valence-electron chi connectivity index (χ3n) is 14.7. The molecule has 0 saturated heterocycles. The van der Waals surface area contributed by atoms with E-state index < -0.39 is 0 Å². The summed E-state index contributed by atoms with van der Waals surface area (Å²) >= 11 is 0. The zero-order chi connectivity index (χ0) is 46.8. The molecule has 0 bridgehead atoms. The number of rotatable bonds is 9. The molecule has 12 aromatic rings. The molecule has 5 nitrogen and oxygen atoms in total. The lowest BCUT2D eigenvalue weighted by Gasteiger charge is -2.26. The van der Waals surface area contributed by atoms with Crippen molar-refractivity contribution in [3.63, 3.8) is 0 Å². The van der Waals surface area contributed by atoms with Crippen LogP contribution in [0.1, 0.15) is 30.5 Å². The Kier molecular flexibility index (Phi) is 9.73. The van der Waals surface area contributed by atoms with E-state index >= 15 is 0 Å². The Morgan fingerprint density at radius 2 is 0.761 bits per heavy atom. The molecule has 9 aromatic carbocycles. The molecule has 0 atom stereocenters. The number of allylic oxidation sites excluding steroid dienone is 5. The summed E-state index contributed by atoms with van der Waals surface area (Å²) in [5.41, 5.74) is 19.0. The first-order valence-corrected chi connectivity index (χ1v) is 24.9. The monoisotopic (exact) mass is 911 g/mol. The second-order valence-electron chi connectivity index (χ2n) is 18.8. The fourth-order valence-corrected chi connectivity index (χ4v) is 11.6. The predicted molar refractivity (Wildman–Crippen MR) is 300 cm³/mol. The highest BCUT2D eigenvalue weighted by atomic mass is 15.2. The summed E-state index contributed by atoms with van der Waals surface area (Å²) in [5, 5.41) is 6.13. The quantitative estimate of drug-likeness (QED) is 0.144. The average molecular weight is 912 g/mol. The molecule has 71 heavy (non-hydrogen) atoms. The van der Waals surface area contributed by atoms with E-state index in [9.17, 15) is 0 Å². The van der Waals surface area contributed by atoms with Crippen molar-refractivity contribution < 1.29 is 0 Å². The molecule has 0 amide bonds. The van der Waals surface area contributed by atoms with Gasteiger partial charge in [-0.05, 0) is 159 Å². The minimum atomic E-state index is 0.975. The molecule has 5 heteroatoms. The van der Waals surface area contributed by atoms with Gasteiger partial charge in [-0.25, -0.2) is 0 Å². The van der Waals surface area contributed by atoms with E-state index in [0.29, 0.717) is 0 Å². The van der Waals surface area contributed by atoms with Gasteiger partial charge in [0.1, 0.15) is 0 Å². The number of hydrogen-bond acceptors (Lipinski definition) is 2. The molecule has 14 rings (SSSR count). The zero-order valence-corrected chi connectivity index (χ0v) is 39.2. The van der Waals surface area contributed by atoms with Crippen LogP contribution in [0.4, 0.5) is 34.1 Å². The first kappa shape index (κ1) is 41.0. The van der Waals surface area contributed by atoms with Crippen LogP contribution in [0.3, 0.4) is 0 Å². The van der Waals surface area contributed by atoms with Gasteiger partial charge < -0.3 is 23.5 Å². The highest BCUT2D eigenvalue weighted by molar-refractivity contribution is 6.14. The Morgan fingerprint density at radius 3 is 1.31 bits per heavy atom. The second-order valence-corrected chi connectivity index (χ2v) is 18.8. The van der Waals surface area contributed by atoms with E-state index in [1.165, 1.54) is 77.2 Å². The van der Waals surface area contributed by atoms with Crippen LogP contribution in [0.2, 0.25) is 0 Å². The standard InChI is InChI=1S/C66H49N5/c1-6-20-46(21-7-1)67(51-34-38-63-57(42-51)55-30-16-18-32-61(55)69(63)48-24-10-3-11-25-48)53-36-40-65-59(44-53)60-45-54(37-41-66(60)71(65)50-28-14-5-15-29-50)68(47-22-8-2-9-23-47)52-35-39-64-58(43-52)56-31-17-19-33-62(56)70(64)49-26-12-4-13-27-49/h1-14,16-18,20-28,30-32,34-45H,15,19,29,33H2. The van der Waals surface area contributed by atoms with Gasteiger partial charge in [-0.3, -0.25) is 0 Å². The predicted octanol–water partition coefficient (Wildman–Crippen LogP) is 17.9. The Balaban J connectivity index is 0.970. The zero-order valence-electron chi connectivity index (χ0n) is 39.2. The van der Waals surface area contributed by atoms with Gasteiger partial charge in [0.05, 0.1) is 27.6 Å². The number of benzene rings is 9. The number of para-hydroxylation sites is 5. The van der Waals surface area contributed by atoms with Crippen molar-refractivity contribution in [2.24, 2.45) is 0 Å². The van der Waals surface area contributed by atoms with Crippen LogP contribution in [0.25, 0.3) is 77.7 Å². The van der Waals surface area contributed by atoms with E-state index in [1.807, 2.05) is 0 Å². The molecular weight excluding hydrogens is 863 g/mol. The molecule has 0 fully saturated rings. The van der Waals surface area contributed by atoms with Crippen LogP contribution in [0.5, 0.6) is 0 Å². The lowest BCUT2D eigenvalue weighted by atomic mass is 10.0. The smallest absolute Gasteiger partial charge is 0.0542 e. The minimum Gasteiger partial charge on any atom is -0.313 e. The SMILES string of the molecule is C1=CCCC(n2c3ccc(N(c4ccccc4)c4ccc5c(c4)c4c(n5-c5ccccc5)CCC=C4)cc3c3cc(N(c4ccccc4)c4ccc5c(c4)c4ccccc4n5-c4ccccc4)ccc32)=C1. The van der Waals surface area contributed by atoms with Crippen molar-refractivity contribution >= 4 is 100 Å². The summed E-state index contributed by atoms with van der Waals surface area (Å²) in [4.78, 5) is 4.86. The highest BCUT2D eigenvalue weighted by Gasteiger charge is 2.24. The molecule has 338 valence electrons. The Bertz CT molecular complexity index is 4100. The highest BCUT2D eigenvalue weighted by Crippen LogP contribution is 2.46. The summed E-state index contributed by atoms with van der Waals surface area (Å²) in [6, 6.07) is 80.1. The molecule has 0 unspecified atom stereocenters. The van der Waals surface area contributed by atoms with E-state index in [2.05, 4.69) is 272 Å². The molecule has 2 aliphatic rings. The van der Waals surface area contributed by atoms with Crippen molar-refractivity contribution in [2.45, 2.75) is 25.7 Å². The van der Waals surface area contributed by atoms with Crippen LogP contribution in [0, 0.1) is 0 Å². The van der Waals surface area contributed by atoms with Gasteiger partial charge in [0, 0.05) is 89.4 Å². The van der Waals surface area contributed by atoms with Crippen molar-refractivity contribution in [1.82, 2.24) is 13.7 Å². The molecule has 3 aromatic heterocycles. The largest absolute Gasteiger partial charge is 0.313 e. The molecule has 0 spiro atoms. The maximum Gasteiger partial charge on any atom is 0.0542 e. The molecule has 0 N–H and O–H groups in total. The summed E-state index contributed by atoms with van der Waals surface area (Å²) in [7, 11) is 0. The number of hydrogen-bond donors (Lipinski definition) is 0. The molecule has 0 saturated carbocycles. The Labute approximate surface area is 413 Å². The van der Waals surface area contributed by atoms with Gasteiger partial charge in [0.15, 0.2) is 0 Å². The normalized spacial score (nSPS) is 13.4. The van der Waals surface area contributed by atoms with Crippen LogP contribution >= 0.6 is 0 Å². The maximum atomic E-state index is 2.50. The van der Waals surface area contributed by atoms with Crippen molar-refractivity contribution in [2.75, 3.05) is 9.80 Å². The number of aromatic nitrogens is 3. The van der Waals surface area contributed by atoms with Crippen LogP contribution < -0.4 is 9.80 Å². The fraction of sp³-hybridized carbons (Fsp3) is 0.0606. The van der Waals surface area contributed by atoms with E-state index in [-0.39, 0.29) is 0 Å². The van der Waals surface area contributed by atoms with Gasteiger partial charge >= 0.3 is 0 Å². The number of anilines is 6. The summed E-state index contributed by atoms with van der Waals surface area (Å²) in [5.74, 6) is 0. The van der Waals surface area contributed by atoms with Crippen LogP contribution in [-0.4, -0.2) is 13.7 Å². The van der Waals surface area contributed by atoms with Gasteiger partial charge in [-0.2, -0.15) is 0 Å². The average Bonchev–Trinajstić information content (AvgIpc) is 4.07. The number of nitrogens with zero attached hydrogens (tertiary/aromatic N) is 5. The van der Waals surface area contributed by atoms with Gasteiger partial charge in [0.25, 0.3) is 0 Å². The summed E-state index contributed by atoms with van der Waals surface area (Å²) in [6.45, 7) is 0. The van der Waals surface area contributed by atoms with Crippen molar-refractivity contribution in [3.8, 4) is 11.4 Å². The number of fused-ring (bicyclic) bond motifs is 9. The first-order chi connectivity index (χ1) is 35.2. The summed E-state index contributed by atoms with van der Waals surface area (Å²) in [6.07, 6.45) is 15.5. The van der Waals surface area contributed by atoms with Crippen molar-refractivity contribution in [3.05, 3.63) is 254 Å². The van der Waals surface area contributed by atoms with Crippen LogP contribution in [-0.2, 0) is 6.42 Å². The molecule has 0 aliphatic heterocycles. The second kappa shape index (κ2) is 16.9. The van der Waals surface area contributed by atoms with Crippen LogP contribution in [0.15, 0.2) is 243 Å². The van der Waals surface area contributed by atoms with Gasteiger partial charge in [-0.1, -0.05) is 115 Å². The molecule has 3 heterocycles. The van der Waals surface area contributed by atoms with Gasteiger partial charge in [-0.15, -0.1) is 0 Å². The third-order valence-corrected chi connectivity index (χ3v) is 14.7. The Hall–Kier alpha value is -9.06.